The van der Waals surface area contributed by atoms with Gasteiger partial charge in [0.05, 0.1) is 6.61 Å². The van der Waals surface area contributed by atoms with Crippen molar-refractivity contribution in [1.82, 2.24) is 4.98 Å². The third-order valence-corrected chi connectivity index (χ3v) is 2.09. The lowest BCUT2D eigenvalue weighted by molar-refractivity contribution is -0.120. The number of nitrogen functional groups attached to an aromatic ring is 1. The van der Waals surface area contributed by atoms with E-state index in [1.807, 2.05) is 0 Å². The zero-order chi connectivity index (χ0) is 14.6. The number of aliphatic hydroxyl groups excluding tert-OH is 1. The summed E-state index contributed by atoms with van der Waals surface area (Å²) in [5, 5.41) is 8.69. The quantitative estimate of drug-likeness (QED) is 0.428. The molecule has 0 aliphatic heterocycles. The number of nitrogens with one attached hydrogen (secondary N) is 1. The molecule has 0 spiro atoms. The average molecular weight is 286 g/mol. The van der Waals surface area contributed by atoms with Crippen LogP contribution in [0.5, 0.6) is 0 Å². The number of aliphatic hydroxyl groups is 1. The molecule has 0 bridgehead atoms. The minimum absolute atomic E-state index is 0.359. The third-order valence-electron chi connectivity index (χ3n) is 2.09. The Balaban J connectivity index is 3.14. The van der Waals surface area contributed by atoms with Crippen LogP contribution in [0.1, 0.15) is 0 Å². The van der Waals surface area contributed by atoms with Gasteiger partial charge in [0.1, 0.15) is 6.54 Å². The summed E-state index contributed by atoms with van der Waals surface area (Å²) in [5.41, 5.74) is 1.80. The van der Waals surface area contributed by atoms with Crippen molar-refractivity contribution in [2.24, 2.45) is 5.84 Å². The maximum Gasteiger partial charge on any atom is 0.405 e. The van der Waals surface area contributed by atoms with Crippen LogP contribution in [-0.2, 0) is 0 Å². The van der Waals surface area contributed by atoms with Gasteiger partial charge in [0.15, 0.2) is 23.3 Å². The molecule has 10 heteroatoms. The summed E-state index contributed by atoms with van der Waals surface area (Å²) >= 11 is 0. The highest BCUT2D eigenvalue weighted by atomic mass is 19.4. The SMILES string of the molecule is NNc1nc(N(CCO)CC(F)(F)F)c(F)cc1F. The second kappa shape index (κ2) is 5.97. The van der Waals surface area contributed by atoms with Gasteiger partial charge in [-0.3, -0.25) is 0 Å². The van der Waals surface area contributed by atoms with Crippen molar-refractivity contribution in [3.05, 3.63) is 17.7 Å². The van der Waals surface area contributed by atoms with Crippen LogP contribution >= 0.6 is 0 Å². The molecular weight excluding hydrogens is 275 g/mol. The molecule has 4 N–H and O–H groups in total. The fourth-order valence-electron chi connectivity index (χ4n) is 1.38. The van der Waals surface area contributed by atoms with Gasteiger partial charge in [-0.25, -0.2) is 19.6 Å². The molecule has 19 heavy (non-hydrogen) atoms. The fraction of sp³-hybridized carbons (Fsp3) is 0.444. The zero-order valence-corrected chi connectivity index (χ0v) is 9.51. The van der Waals surface area contributed by atoms with Crippen molar-refractivity contribution < 1.29 is 27.1 Å². The van der Waals surface area contributed by atoms with E-state index in [1.165, 1.54) is 0 Å². The van der Waals surface area contributed by atoms with Crippen LogP contribution < -0.4 is 16.2 Å². The minimum atomic E-state index is -4.63. The standard InChI is InChI=1S/C9H11F5N4O/c10-5-3-6(11)8(16-7(5)17-15)18(1-2-19)4-9(12,13)14/h3,19H,1-2,4,15H2,(H,16,17). The molecule has 1 rings (SSSR count). The van der Waals surface area contributed by atoms with Crippen molar-refractivity contribution in [2.75, 3.05) is 30.0 Å². The lowest BCUT2D eigenvalue weighted by atomic mass is 10.3. The molecule has 108 valence electrons. The smallest absolute Gasteiger partial charge is 0.395 e. The first-order valence-electron chi connectivity index (χ1n) is 5.03. The van der Waals surface area contributed by atoms with E-state index in [0.717, 1.165) is 0 Å². The van der Waals surface area contributed by atoms with Crippen LogP contribution in [0, 0.1) is 11.6 Å². The van der Waals surface area contributed by atoms with Crippen LogP contribution in [0.15, 0.2) is 6.07 Å². The zero-order valence-electron chi connectivity index (χ0n) is 9.51. The Kier molecular flexibility index (Phi) is 4.84. The summed E-state index contributed by atoms with van der Waals surface area (Å²) in [6.45, 7) is -2.70. The molecule has 1 aromatic heterocycles. The molecule has 0 saturated carbocycles. The van der Waals surface area contributed by atoms with E-state index in [9.17, 15) is 22.0 Å². The fourth-order valence-corrected chi connectivity index (χ4v) is 1.38. The van der Waals surface area contributed by atoms with Crippen LogP contribution in [0.4, 0.5) is 33.6 Å². The van der Waals surface area contributed by atoms with Crippen molar-refractivity contribution >= 4 is 11.6 Å². The summed E-state index contributed by atoms with van der Waals surface area (Å²) in [5.74, 6) is 1.14. The molecular formula is C9H11F5N4O. The number of aromatic nitrogens is 1. The van der Waals surface area contributed by atoms with E-state index in [2.05, 4.69) is 4.98 Å². The molecule has 1 heterocycles. The van der Waals surface area contributed by atoms with Gasteiger partial charge in [0.2, 0.25) is 0 Å². The van der Waals surface area contributed by atoms with Gasteiger partial charge in [0.25, 0.3) is 0 Å². The Hall–Kier alpha value is -1.68. The normalized spacial score (nSPS) is 11.5. The maximum absolute atomic E-state index is 13.5. The average Bonchev–Trinajstić information content (AvgIpc) is 2.27. The van der Waals surface area contributed by atoms with E-state index in [1.54, 1.807) is 5.43 Å². The number of anilines is 2. The second-order valence-corrected chi connectivity index (χ2v) is 3.53. The van der Waals surface area contributed by atoms with Gasteiger partial charge in [-0.05, 0) is 0 Å². The van der Waals surface area contributed by atoms with E-state index in [-0.39, 0.29) is 0 Å². The number of nitrogens with zero attached hydrogens (tertiary/aromatic N) is 2. The second-order valence-electron chi connectivity index (χ2n) is 3.53. The van der Waals surface area contributed by atoms with Crippen LogP contribution in [-0.4, -0.2) is 36.0 Å². The van der Waals surface area contributed by atoms with Crippen LogP contribution in [0.2, 0.25) is 0 Å². The number of hydrogen-bond donors (Lipinski definition) is 3. The molecule has 0 aliphatic rings. The molecule has 0 radical (unpaired) electrons. The van der Waals surface area contributed by atoms with Gasteiger partial charge in [-0.2, -0.15) is 13.2 Å². The molecule has 0 atom stereocenters. The predicted molar refractivity (Wildman–Crippen MR) is 57.3 cm³/mol. The molecule has 1 aromatic rings. The number of hydrazine groups is 1. The highest BCUT2D eigenvalue weighted by molar-refractivity contribution is 5.49. The van der Waals surface area contributed by atoms with Gasteiger partial charge < -0.3 is 15.4 Å². The Labute approximate surface area is 104 Å². The Morgan fingerprint density at radius 1 is 1.32 bits per heavy atom. The number of pyridine rings is 1. The molecule has 5 nitrogen and oxygen atoms in total. The van der Waals surface area contributed by atoms with Gasteiger partial charge in [0, 0.05) is 12.6 Å². The molecule has 0 aliphatic carbocycles. The van der Waals surface area contributed by atoms with Gasteiger partial charge in [-0.1, -0.05) is 0 Å². The topological polar surface area (TPSA) is 74.4 Å². The number of nitrogens with two attached hydrogens (primary N) is 1. The summed E-state index contributed by atoms with van der Waals surface area (Å²) in [4.78, 5) is 3.76. The molecule has 0 saturated heterocycles. The maximum atomic E-state index is 13.5. The van der Waals surface area contributed by atoms with Gasteiger partial charge in [-0.15, -0.1) is 0 Å². The third kappa shape index (κ3) is 4.17. The van der Waals surface area contributed by atoms with Crippen molar-refractivity contribution in [2.45, 2.75) is 6.18 Å². The van der Waals surface area contributed by atoms with E-state index in [4.69, 9.17) is 10.9 Å². The van der Waals surface area contributed by atoms with Crippen molar-refractivity contribution in [3.8, 4) is 0 Å². The Morgan fingerprint density at radius 3 is 2.42 bits per heavy atom. The lowest BCUT2D eigenvalue weighted by Gasteiger charge is -2.24. The molecule has 0 amide bonds. The minimum Gasteiger partial charge on any atom is -0.395 e. The number of rotatable bonds is 5. The molecule has 0 aromatic carbocycles. The number of halogens is 5. The van der Waals surface area contributed by atoms with Crippen molar-refractivity contribution in [3.63, 3.8) is 0 Å². The highest BCUT2D eigenvalue weighted by Crippen LogP contribution is 2.25. The van der Waals surface area contributed by atoms with Crippen molar-refractivity contribution in [1.29, 1.82) is 0 Å². The monoisotopic (exact) mass is 286 g/mol. The lowest BCUT2D eigenvalue weighted by Crippen LogP contribution is -2.37. The molecule has 0 fully saturated rings. The van der Waals surface area contributed by atoms with E-state index < -0.39 is 49.1 Å². The van der Waals surface area contributed by atoms with E-state index in [0.29, 0.717) is 11.0 Å². The highest BCUT2D eigenvalue weighted by Gasteiger charge is 2.32. The summed E-state index contributed by atoms with van der Waals surface area (Å²) in [7, 11) is 0. The predicted octanol–water partition coefficient (Wildman–Crippen LogP) is 1.01. The molecule has 0 unspecified atom stereocenters. The summed E-state index contributed by atoms with van der Waals surface area (Å²) < 4.78 is 63.5. The van der Waals surface area contributed by atoms with Crippen LogP contribution in [0.25, 0.3) is 0 Å². The number of alkyl halides is 3. The van der Waals surface area contributed by atoms with Crippen LogP contribution in [0.3, 0.4) is 0 Å². The largest absolute Gasteiger partial charge is 0.405 e. The number of hydrogen-bond acceptors (Lipinski definition) is 5. The first kappa shape index (κ1) is 15.4. The summed E-state index contributed by atoms with van der Waals surface area (Å²) in [6.07, 6.45) is -4.63. The first-order valence-corrected chi connectivity index (χ1v) is 5.03. The summed E-state index contributed by atoms with van der Waals surface area (Å²) in [6, 6.07) is 0.359. The van der Waals surface area contributed by atoms with Gasteiger partial charge >= 0.3 is 6.18 Å². The first-order chi connectivity index (χ1) is 8.78. The Morgan fingerprint density at radius 2 is 1.95 bits per heavy atom. The Bertz CT molecular complexity index is 439. The van der Waals surface area contributed by atoms with E-state index >= 15 is 0 Å².